The van der Waals surface area contributed by atoms with E-state index in [2.05, 4.69) is 76.8 Å². The lowest BCUT2D eigenvalue weighted by molar-refractivity contribution is 0.527. The van der Waals surface area contributed by atoms with Gasteiger partial charge in [0, 0.05) is 22.9 Å². The summed E-state index contributed by atoms with van der Waals surface area (Å²) in [7, 11) is 0. The Kier molecular flexibility index (Phi) is 4.53. The fourth-order valence-corrected chi connectivity index (χ4v) is 2.56. The van der Waals surface area contributed by atoms with Crippen LogP contribution in [0.1, 0.15) is 30.7 Å². The van der Waals surface area contributed by atoms with Crippen LogP contribution >= 0.6 is 15.9 Å². The normalized spacial score (nSPS) is 11.2. The predicted octanol–water partition coefficient (Wildman–Crippen LogP) is 4.97. The first-order valence-electron chi connectivity index (χ1n) is 6.94. The third kappa shape index (κ3) is 3.42. The third-order valence-corrected chi connectivity index (χ3v) is 4.40. The fourth-order valence-electron chi connectivity index (χ4n) is 2.33. The minimum atomic E-state index is 0.595. The molecule has 1 N–H and O–H groups in total. The lowest BCUT2D eigenvalue weighted by Crippen LogP contribution is -2.07. The Morgan fingerprint density at radius 2 is 1.80 bits per heavy atom. The number of hydrogen-bond donors (Lipinski definition) is 1. The Balaban J connectivity index is 2.30. The van der Waals surface area contributed by atoms with Gasteiger partial charge in [-0.1, -0.05) is 29.8 Å². The minimum absolute atomic E-state index is 0.595. The average molecular weight is 336 g/mol. The number of nitrogens with zero attached hydrogens (tertiary/aromatic N) is 2. The Bertz CT molecular complexity index is 591. The topological polar surface area (TPSA) is 29.9 Å². The molecule has 3 nitrogen and oxygen atoms in total. The van der Waals surface area contributed by atoms with Crippen molar-refractivity contribution in [1.29, 1.82) is 0 Å². The summed E-state index contributed by atoms with van der Waals surface area (Å²) in [5, 5.41) is 3.44. The monoisotopic (exact) mass is 335 g/mol. The number of benzene rings is 1. The zero-order chi connectivity index (χ0) is 14.9. The number of aryl methyl sites for hydroxylation is 3. The van der Waals surface area contributed by atoms with Gasteiger partial charge in [-0.05, 0) is 49.9 Å². The van der Waals surface area contributed by atoms with Crippen LogP contribution in [0, 0.1) is 26.7 Å². The van der Waals surface area contributed by atoms with Crippen LogP contribution in [0.5, 0.6) is 0 Å². The van der Waals surface area contributed by atoms with E-state index in [4.69, 9.17) is 0 Å². The highest BCUT2D eigenvalue weighted by Crippen LogP contribution is 2.27. The summed E-state index contributed by atoms with van der Waals surface area (Å²) in [6.07, 6.45) is 2.10. The van der Waals surface area contributed by atoms with Crippen molar-refractivity contribution in [2.75, 3.05) is 5.32 Å². The van der Waals surface area contributed by atoms with Crippen molar-refractivity contribution < 1.29 is 0 Å². The molecular formula is C16H22BrN3. The van der Waals surface area contributed by atoms with Crippen molar-refractivity contribution in [2.24, 2.45) is 5.92 Å². The van der Waals surface area contributed by atoms with E-state index in [1.807, 2.05) is 6.92 Å². The van der Waals surface area contributed by atoms with Gasteiger partial charge in [0.05, 0.1) is 5.69 Å². The summed E-state index contributed by atoms with van der Waals surface area (Å²) < 4.78 is 3.36. The van der Waals surface area contributed by atoms with Crippen molar-refractivity contribution in [3.63, 3.8) is 0 Å². The standard InChI is InChI=1S/C16H22BrN3/c1-10(2)8-20-9-13(5)18-16(20)19-14-6-11(3)15(17)12(4)7-14/h6-7,9-10H,8H2,1-5H3,(H,18,19). The Hall–Kier alpha value is -1.29. The molecule has 0 amide bonds. The molecule has 108 valence electrons. The summed E-state index contributed by atoms with van der Waals surface area (Å²) in [5.41, 5.74) is 4.58. The highest BCUT2D eigenvalue weighted by molar-refractivity contribution is 9.10. The molecule has 0 aliphatic carbocycles. The third-order valence-electron chi connectivity index (χ3n) is 3.15. The van der Waals surface area contributed by atoms with E-state index in [0.717, 1.165) is 23.9 Å². The second-order valence-corrected chi connectivity index (χ2v) is 6.59. The molecular weight excluding hydrogens is 314 g/mol. The molecule has 1 aromatic heterocycles. The van der Waals surface area contributed by atoms with Gasteiger partial charge in [-0.3, -0.25) is 0 Å². The number of rotatable bonds is 4. The van der Waals surface area contributed by atoms with E-state index >= 15 is 0 Å². The summed E-state index contributed by atoms with van der Waals surface area (Å²) in [5.74, 6) is 1.51. The molecule has 1 aromatic carbocycles. The Labute approximate surface area is 129 Å². The van der Waals surface area contributed by atoms with E-state index in [9.17, 15) is 0 Å². The maximum Gasteiger partial charge on any atom is 0.207 e. The predicted molar refractivity (Wildman–Crippen MR) is 88.7 cm³/mol. The zero-order valence-corrected chi connectivity index (χ0v) is 14.4. The van der Waals surface area contributed by atoms with Gasteiger partial charge < -0.3 is 9.88 Å². The quantitative estimate of drug-likeness (QED) is 0.854. The zero-order valence-electron chi connectivity index (χ0n) is 12.8. The van der Waals surface area contributed by atoms with E-state index in [-0.39, 0.29) is 0 Å². The van der Waals surface area contributed by atoms with Gasteiger partial charge >= 0.3 is 0 Å². The second kappa shape index (κ2) is 6.00. The van der Waals surface area contributed by atoms with Gasteiger partial charge in [0.2, 0.25) is 5.95 Å². The molecule has 0 aliphatic heterocycles. The lowest BCUT2D eigenvalue weighted by atomic mass is 10.1. The van der Waals surface area contributed by atoms with Gasteiger partial charge in [0.1, 0.15) is 0 Å². The van der Waals surface area contributed by atoms with Gasteiger partial charge in [0.15, 0.2) is 0 Å². The van der Waals surface area contributed by atoms with Crippen molar-refractivity contribution in [1.82, 2.24) is 9.55 Å². The largest absolute Gasteiger partial charge is 0.326 e. The summed E-state index contributed by atoms with van der Waals surface area (Å²) >= 11 is 3.60. The van der Waals surface area contributed by atoms with Crippen LogP contribution in [0.25, 0.3) is 0 Å². The highest BCUT2D eigenvalue weighted by Gasteiger charge is 2.09. The number of halogens is 1. The molecule has 0 bridgehead atoms. The molecule has 0 radical (unpaired) electrons. The molecule has 0 fully saturated rings. The number of anilines is 2. The van der Waals surface area contributed by atoms with Gasteiger partial charge in [-0.15, -0.1) is 0 Å². The number of nitrogens with one attached hydrogen (secondary N) is 1. The summed E-state index contributed by atoms with van der Waals surface area (Å²) in [6.45, 7) is 11.6. The number of aromatic nitrogens is 2. The highest BCUT2D eigenvalue weighted by atomic mass is 79.9. The molecule has 4 heteroatoms. The number of imidazole rings is 1. The molecule has 2 aromatic rings. The van der Waals surface area contributed by atoms with Crippen molar-refractivity contribution in [3.8, 4) is 0 Å². The van der Waals surface area contributed by atoms with Crippen LogP contribution in [-0.4, -0.2) is 9.55 Å². The molecule has 0 atom stereocenters. The van der Waals surface area contributed by atoms with Crippen LogP contribution in [0.2, 0.25) is 0 Å². The van der Waals surface area contributed by atoms with Gasteiger partial charge in [0.25, 0.3) is 0 Å². The van der Waals surface area contributed by atoms with Crippen LogP contribution in [0.15, 0.2) is 22.8 Å². The minimum Gasteiger partial charge on any atom is -0.326 e. The van der Waals surface area contributed by atoms with Crippen LogP contribution < -0.4 is 5.32 Å². The van der Waals surface area contributed by atoms with E-state index in [1.54, 1.807) is 0 Å². The second-order valence-electron chi connectivity index (χ2n) is 5.80. The SMILES string of the molecule is Cc1cn(CC(C)C)c(Nc2cc(C)c(Br)c(C)c2)n1. The molecule has 0 saturated carbocycles. The van der Waals surface area contributed by atoms with Gasteiger partial charge in [-0.25, -0.2) is 4.98 Å². The Morgan fingerprint density at radius 1 is 1.20 bits per heavy atom. The first-order chi connectivity index (χ1) is 9.36. The maximum absolute atomic E-state index is 4.58. The van der Waals surface area contributed by atoms with Gasteiger partial charge in [-0.2, -0.15) is 0 Å². The fraction of sp³-hybridized carbons (Fsp3) is 0.438. The molecule has 0 unspecified atom stereocenters. The lowest BCUT2D eigenvalue weighted by Gasteiger charge is -2.13. The first kappa shape index (κ1) is 15.1. The first-order valence-corrected chi connectivity index (χ1v) is 7.73. The summed E-state index contributed by atoms with van der Waals surface area (Å²) in [6, 6.07) is 4.28. The number of hydrogen-bond acceptors (Lipinski definition) is 2. The average Bonchev–Trinajstić information content (AvgIpc) is 2.65. The van der Waals surface area contributed by atoms with Crippen molar-refractivity contribution in [3.05, 3.63) is 39.6 Å². The van der Waals surface area contributed by atoms with Crippen molar-refractivity contribution >= 4 is 27.6 Å². The van der Waals surface area contributed by atoms with Crippen LogP contribution in [0.4, 0.5) is 11.6 Å². The maximum atomic E-state index is 4.58. The Morgan fingerprint density at radius 3 is 2.35 bits per heavy atom. The van der Waals surface area contributed by atoms with Crippen LogP contribution in [0.3, 0.4) is 0 Å². The molecule has 1 heterocycles. The summed E-state index contributed by atoms with van der Waals surface area (Å²) in [4.78, 5) is 4.58. The van der Waals surface area contributed by atoms with E-state index in [1.165, 1.54) is 15.6 Å². The molecule has 0 saturated heterocycles. The molecule has 0 aliphatic rings. The molecule has 20 heavy (non-hydrogen) atoms. The van der Waals surface area contributed by atoms with E-state index < -0.39 is 0 Å². The smallest absolute Gasteiger partial charge is 0.207 e. The van der Waals surface area contributed by atoms with Crippen molar-refractivity contribution in [2.45, 2.75) is 41.2 Å². The molecule has 0 spiro atoms. The van der Waals surface area contributed by atoms with Crippen LogP contribution in [-0.2, 0) is 6.54 Å². The molecule has 2 rings (SSSR count). The van der Waals surface area contributed by atoms with E-state index in [0.29, 0.717) is 5.92 Å².